The zero-order valence-electron chi connectivity index (χ0n) is 15.1. The first-order valence-electron chi connectivity index (χ1n) is 8.95. The van der Waals surface area contributed by atoms with Gasteiger partial charge in [0.05, 0.1) is 13.7 Å². The van der Waals surface area contributed by atoms with Gasteiger partial charge < -0.3 is 14.7 Å². The average Bonchev–Trinajstić information content (AvgIpc) is 2.72. The molecule has 3 rings (SSSR count). The summed E-state index contributed by atoms with van der Waals surface area (Å²) < 4.78 is 5.34. The van der Waals surface area contributed by atoms with Crippen LogP contribution in [0, 0.1) is 0 Å². The number of likely N-dealkylation sites (tertiary alicyclic amines) is 1. The Morgan fingerprint density at radius 3 is 2.69 bits per heavy atom. The summed E-state index contributed by atoms with van der Waals surface area (Å²) in [6.45, 7) is 5.09. The summed E-state index contributed by atoms with van der Waals surface area (Å²) in [5, 5.41) is 9.68. The number of nitrogens with zero attached hydrogens (tertiary/aromatic N) is 1. The van der Waals surface area contributed by atoms with Crippen LogP contribution in [0.3, 0.4) is 0 Å². The Labute approximate surface area is 154 Å². The van der Waals surface area contributed by atoms with Crippen LogP contribution in [-0.2, 0) is 11.4 Å². The molecule has 0 bridgehead atoms. The number of carbonyl (C=O) groups excluding carboxylic acids is 1. The lowest BCUT2D eigenvalue weighted by Gasteiger charge is -2.31. The maximum absolute atomic E-state index is 11.8. The van der Waals surface area contributed by atoms with Crippen LogP contribution in [-0.4, -0.2) is 36.1 Å². The second-order valence-corrected chi connectivity index (χ2v) is 6.61. The molecule has 0 radical (unpaired) electrons. The Kier molecular flexibility index (Phi) is 5.74. The van der Waals surface area contributed by atoms with E-state index in [1.165, 1.54) is 11.6 Å². The van der Waals surface area contributed by atoms with Gasteiger partial charge in [0.1, 0.15) is 5.75 Å². The van der Waals surface area contributed by atoms with Gasteiger partial charge in [-0.3, -0.25) is 4.79 Å². The molecule has 2 aromatic rings. The number of hydrogen-bond donors (Lipinski definition) is 1. The minimum atomic E-state index is -0.00832. The molecule has 0 aromatic heterocycles. The number of piperidine rings is 1. The summed E-state index contributed by atoms with van der Waals surface area (Å²) in [5.41, 5.74) is 4.23. The lowest BCUT2D eigenvalue weighted by atomic mass is 9.87. The maximum Gasteiger partial charge on any atom is 0.245 e. The van der Waals surface area contributed by atoms with Crippen molar-refractivity contribution in [3.8, 4) is 16.9 Å². The van der Waals surface area contributed by atoms with Gasteiger partial charge in [-0.05, 0) is 59.2 Å². The second kappa shape index (κ2) is 8.19. The van der Waals surface area contributed by atoms with Gasteiger partial charge in [0, 0.05) is 13.1 Å². The number of aliphatic hydroxyl groups excluding tert-OH is 1. The quantitative estimate of drug-likeness (QED) is 0.835. The number of hydrogen-bond acceptors (Lipinski definition) is 3. The highest BCUT2D eigenvalue weighted by Gasteiger charge is 2.22. The molecule has 26 heavy (non-hydrogen) atoms. The summed E-state index contributed by atoms with van der Waals surface area (Å²) in [6.07, 6.45) is 3.29. The molecule has 0 aliphatic carbocycles. The highest BCUT2D eigenvalue weighted by atomic mass is 16.5. The average molecular weight is 351 g/mol. The van der Waals surface area contributed by atoms with E-state index in [4.69, 9.17) is 4.74 Å². The van der Waals surface area contributed by atoms with Gasteiger partial charge in [-0.15, -0.1) is 0 Å². The van der Waals surface area contributed by atoms with Gasteiger partial charge in [0.2, 0.25) is 5.91 Å². The fraction of sp³-hybridized carbons (Fsp3) is 0.318. The molecule has 1 N–H and O–H groups in total. The SMILES string of the molecule is C=CC(=O)N1CCC(c2cccc(-c3cc(OC)ccc3CO)c2)CC1. The van der Waals surface area contributed by atoms with E-state index >= 15 is 0 Å². The molecule has 0 saturated carbocycles. The largest absolute Gasteiger partial charge is 0.497 e. The number of methoxy groups -OCH3 is 1. The minimum Gasteiger partial charge on any atom is -0.497 e. The second-order valence-electron chi connectivity index (χ2n) is 6.61. The molecule has 1 heterocycles. The molecule has 1 saturated heterocycles. The molecule has 0 spiro atoms. The van der Waals surface area contributed by atoms with Crippen molar-refractivity contribution in [2.24, 2.45) is 0 Å². The number of aliphatic hydroxyl groups is 1. The summed E-state index contributed by atoms with van der Waals surface area (Å²) >= 11 is 0. The molecule has 2 aromatic carbocycles. The predicted octanol–water partition coefficient (Wildman–Crippen LogP) is 3.75. The van der Waals surface area contributed by atoms with E-state index in [9.17, 15) is 9.90 Å². The topological polar surface area (TPSA) is 49.8 Å². The molecule has 1 aliphatic heterocycles. The summed E-state index contributed by atoms with van der Waals surface area (Å²) in [4.78, 5) is 13.6. The third-order valence-electron chi connectivity index (χ3n) is 5.14. The molecular weight excluding hydrogens is 326 g/mol. The summed E-state index contributed by atoms with van der Waals surface area (Å²) in [5.74, 6) is 1.23. The van der Waals surface area contributed by atoms with Crippen molar-refractivity contribution < 1.29 is 14.6 Å². The Hall–Kier alpha value is -2.59. The van der Waals surface area contributed by atoms with Crippen LogP contribution in [0.15, 0.2) is 55.1 Å². The van der Waals surface area contributed by atoms with Gasteiger partial charge in [-0.2, -0.15) is 0 Å². The fourth-order valence-electron chi connectivity index (χ4n) is 3.61. The van der Waals surface area contributed by atoms with Gasteiger partial charge in [0.15, 0.2) is 0 Å². The zero-order chi connectivity index (χ0) is 18.5. The third kappa shape index (κ3) is 3.81. The van der Waals surface area contributed by atoms with Gasteiger partial charge >= 0.3 is 0 Å². The molecule has 0 unspecified atom stereocenters. The van der Waals surface area contributed by atoms with Crippen molar-refractivity contribution in [1.29, 1.82) is 0 Å². The Balaban J connectivity index is 1.84. The van der Waals surface area contributed by atoms with Gasteiger partial charge in [-0.1, -0.05) is 36.9 Å². The number of carbonyl (C=O) groups is 1. The predicted molar refractivity (Wildman–Crippen MR) is 103 cm³/mol. The zero-order valence-corrected chi connectivity index (χ0v) is 15.1. The van der Waals surface area contributed by atoms with E-state index in [-0.39, 0.29) is 12.5 Å². The van der Waals surface area contributed by atoms with E-state index in [1.807, 2.05) is 23.1 Å². The van der Waals surface area contributed by atoms with Crippen molar-refractivity contribution in [3.63, 3.8) is 0 Å². The minimum absolute atomic E-state index is 0.00832. The third-order valence-corrected chi connectivity index (χ3v) is 5.14. The first-order valence-corrected chi connectivity index (χ1v) is 8.95. The molecule has 4 heteroatoms. The van der Waals surface area contributed by atoms with Crippen LogP contribution in [0.5, 0.6) is 5.75 Å². The normalized spacial score (nSPS) is 14.9. The lowest BCUT2D eigenvalue weighted by Crippen LogP contribution is -2.36. The van der Waals surface area contributed by atoms with Crippen LogP contribution >= 0.6 is 0 Å². The van der Waals surface area contributed by atoms with E-state index in [0.29, 0.717) is 5.92 Å². The van der Waals surface area contributed by atoms with Crippen molar-refractivity contribution >= 4 is 5.91 Å². The number of amides is 1. The number of rotatable bonds is 5. The first-order chi connectivity index (χ1) is 12.7. The van der Waals surface area contributed by atoms with Crippen molar-refractivity contribution in [2.45, 2.75) is 25.4 Å². The lowest BCUT2D eigenvalue weighted by molar-refractivity contribution is -0.127. The van der Waals surface area contributed by atoms with Gasteiger partial charge in [0.25, 0.3) is 0 Å². The first kappa shape index (κ1) is 18.2. The van der Waals surface area contributed by atoms with E-state index in [0.717, 1.165) is 48.4 Å². The Morgan fingerprint density at radius 2 is 2.04 bits per heavy atom. The number of ether oxygens (including phenoxy) is 1. The van der Waals surface area contributed by atoms with Crippen LogP contribution in [0.2, 0.25) is 0 Å². The number of benzene rings is 2. The molecule has 136 valence electrons. The Bertz CT molecular complexity index is 792. The summed E-state index contributed by atoms with van der Waals surface area (Å²) in [7, 11) is 1.65. The molecule has 1 amide bonds. The monoisotopic (exact) mass is 351 g/mol. The highest BCUT2D eigenvalue weighted by molar-refractivity contribution is 5.87. The molecule has 0 atom stereocenters. The van der Waals surface area contributed by atoms with E-state index in [1.54, 1.807) is 7.11 Å². The van der Waals surface area contributed by atoms with E-state index in [2.05, 4.69) is 30.8 Å². The van der Waals surface area contributed by atoms with Crippen LogP contribution in [0.25, 0.3) is 11.1 Å². The van der Waals surface area contributed by atoms with Crippen LogP contribution in [0.1, 0.15) is 29.9 Å². The Morgan fingerprint density at radius 1 is 1.27 bits per heavy atom. The van der Waals surface area contributed by atoms with E-state index < -0.39 is 0 Å². The highest BCUT2D eigenvalue weighted by Crippen LogP contribution is 2.33. The maximum atomic E-state index is 11.8. The van der Waals surface area contributed by atoms with Crippen LogP contribution < -0.4 is 4.74 Å². The van der Waals surface area contributed by atoms with Crippen LogP contribution in [0.4, 0.5) is 0 Å². The molecule has 1 aliphatic rings. The van der Waals surface area contributed by atoms with Crippen molar-refractivity contribution in [1.82, 2.24) is 4.90 Å². The van der Waals surface area contributed by atoms with Crippen molar-refractivity contribution in [3.05, 3.63) is 66.2 Å². The fourth-order valence-corrected chi connectivity index (χ4v) is 3.61. The summed E-state index contributed by atoms with van der Waals surface area (Å²) in [6, 6.07) is 14.2. The molecular formula is C22H25NO3. The van der Waals surface area contributed by atoms with Gasteiger partial charge in [-0.25, -0.2) is 0 Å². The molecule has 1 fully saturated rings. The smallest absolute Gasteiger partial charge is 0.245 e. The standard InChI is InChI=1S/C22H25NO3/c1-3-22(25)23-11-9-16(10-12-23)17-5-4-6-18(13-17)21-14-20(26-2)8-7-19(21)15-24/h3-8,13-14,16,24H,1,9-12,15H2,2H3. The van der Waals surface area contributed by atoms with Crippen molar-refractivity contribution in [2.75, 3.05) is 20.2 Å². The molecule has 4 nitrogen and oxygen atoms in total.